The summed E-state index contributed by atoms with van der Waals surface area (Å²) < 4.78 is 0. The third-order valence-electron chi connectivity index (χ3n) is 3.74. The number of aryl methyl sites for hydroxylation is 1. The molecule has 0 bridgehead atoms. The minimum atomic E-state index is 0.202. The van der Waals surface area contributed by atoms with Crippen LogP contribution in [-0.2, 0) is 0 Å². The summed E-state index contributed by atoms with van der Waals surface area (Å²) >= 11 is 0. The van der Waals surface area contributed by atoms with Crippen molar-refractivity contribution in [3.63, 3.8) is 0 Å². The van der Waals surface area contributed by atoms with E-state index in [1.54, 1.807) is 0 Å². The number of benzene rings is 1. The van der Waals surface area contributed by atoms with E-state index < -0.39 is 0 Å². The maximum atomic E-state index is 8.67. The van der Waals surface area contributed by atoms with E-state index in [1.807, 2.05) is 0 Å². The molecule has 1 saturated carbocycles. The number of rotatable bonds is 5. The lowest BCUT2D eigenvalue weighted by Gasteiger charge is -2.26. The molecular weight excluding hydrogens is 226 g/mol. The van der Waals surface area contributed by atoms with Crippen LogP contribution in [0.4, 0.5) is 5.69 Å². The first-order chi connectivity index (χ1) is 8.56. The van der Waals surface area contributed by atoms with Crippen molar-refractivity contribution >= 4 is 11.5 Å². The second-order valence-corrected chi connectivity index (χ2v) is 5.41. The summed E-state index contributed by atoms with van der Waals surface area (Å²) in [6.45, 7) is 3.07. The zero-order valence-corrected chi connectivity index (χ0v) is 11.1. The standard InChI is InChI=1S/C14H21N3O/c1-11-5-3-4-6-12(11)17(2)10-14(7-8-14)9-13(15)16-18/h3-6,18H,7-10H2,1-2H3,(H2,15,16). The Balaban J connectivity index is 2.04. The molecule has 0 amide bonds. The van der Waals surface area contributed by atoms with E-state index in [0.717, 1.165) is 19.4 Å². The lowest BCUT2D eigenvalue weighted by atomic mass is 10.0. The van der Waals surface area contributed by atoms with Crippen LogP contribution in [0.15, 0.2) is 29.4 Å². The molecular formula is C14H21N3O. The van der Waals surface area contributed by atoms with Crippen LogP contribution in [0.1, 0.15) is 24.8 Å². The molecule has 0 radical (unpaired) electrons. The van der Waals surface area contributed by atoms with Gasteiger partial charge >= 0.3 is 0 Å². The Hall–Kier alpha value is -1.71. The van der Waals surface area contributed by atoms with Crippen LogP contribution in [0.2, 0.25) is 0 Å². The summed E-state index contributed by atoms with van der Waals surface area (Å²) in [4.78, 5) is 2.27. The van der Waals surface area contributed by atoms with Crippen LogP contribution in [-0.4, -0.2) is 24.6 Å². The smallest absolute Gasteiger partial charge is 0.139 e. The lowest BCUT2D eigenvalue weighted by molar-refractivity contribution is 0.314. The maximum absolute atomic E-state index is 8.67. The van der Waals surface area contributed by atoms with E-state index in [9.17, 15) is 0 Å². The van der Waals surface area contributed by atoms with Crippen molar-refractivity contribution in [1.82, 2.24) is 0 Å². The summed E-state index contributed by atoms with van der Waals surface area (Å²) in [5.74, 6) is 0.339. The molecule has 0 atom stereocenters. The van der Waals surface area contributed by atoms with Crippen LogP contribution in [0.3, 0.4) is 0 Å². The van der Waals surface area contributed by atoms with Gasteiger partial charge in [-0.15, -0.1) is 0 Å². The summed E-state index contributed by atoms with van der Waals surface area (Å²) in [7, 11) is 2.11. The predicted molar refractivity (Wildman–Crippen MR) is 74.1 cm³/mol. The molecule has 0 aliphatic heterocycles. The lowest BCUT2D eigenvalue weighted by Crippen LogP contribution is -2.30. The fourth-order valence-corrected chi connectivity index (χ4v) is 2.57. The Labute approximate surface area is 108 Å². The van der Waals surface area contributed by atoms with Crippen LogP contribution < -0.4 is 10.6 Å². The number of amidine groups is 1. The Kier molecular flexibility index (Phi) is 3.45. The van der Waals surface area contributed by atoms with Gasteiger partial charge in [0.25, 0.3) is 0 Å². The minimum Gasteiger partial charge on any atom is -0.409 e. The average Bonchev–Trinajstić information content (AvgIpc) is 3.08. The van der Waals surface area contributed by atoms with Crippen LogP contribution >= 0.6 is 0 Å². The number of hydrogen-bond donors (Lipinski definition) is 2. The molecule has 98 valence electrons. The quantitative estimate of drug-likeness (QED) is 0.363. The third-order valence-corrected chi connectivity index (χ3v) is 3.74. The highest BCUT2D eigenvalue weighted by Crippen LogP contribution is 2.49. The molecule has 0 heterocycles. The van der Waals surface area contributed by atoms with Crippen molar-refractivity contribution in [3.8, 4) is 0 Å². The van der Waals surface area contributed by atoms with E-state index in [2.05, 4.69) is 48.3 Å². The fraction of sp³-hybridized carbons (Fsp3) is 0.500. The normalized spacial score (nSPS) is 17.6. The molecule has 1 aromatic rings. The van der Waals surface area contributed by atoms with E-state index in [4.69, 9.17) is 10.9 Å². The van der Waals surface area contributed by atoms with Gasteiger partial charge in [0.1, 0.15) is 5.84 Å². The summed E-state index contributed by atoms with van der Waals surface area (Å²) in [6.07, 6.45) is 2.98. The van der Waals surface area contributed by atoms with Crippen molar-refractivity contribution in [2.45, 2.75) is 26.2 Å². The molecule has 0 unspecified atom stereocenters. The van der Waals surface area contributed by atoms with Crippen LogP contribution in [0, 0.1) is 12.3 Å². The van der Waals surface area contributed by atoms with Gasteiger partial charge in [0.05, 0.1) is 0 Å². The van der Waals surface area contributed by atoms with Crippen molar-refractivity contribution in [2.75, 3.05) is 18.5 Å². The first-order valence-corrected chi connectivity index (χ1v) is 6.29. The van der Waals surface area contributed by atoms with E-state index in [-0.39, 0.29) is 5.41 Å². The molecule has 1 aromatic carbocycles. The number of hydrogen-bond acceptors (Lipinski definition) is 3. The van der Waals surface area contributed by atoms with Gasteiger partial charge < -0.3 is 15.8 Å². The molecule has 4 heteroatoms. The first kappa shape index (κ1) is 12.7. The Morgan fingerprint density at radius 3 is 2.67 bits per heavy atom. The fourth-order valence-electron chi connectivity index (χ4n) is 2.57. The molecule has 4 nitrogen and oxygen atoms in total. The van der Waals surface area contributed by atoms with Gasteiger partial charge in [-0.1, -0.05) is 23.4 Å². The van der Waals surface area contributed by atoms with E-state index in [1.165, 1.54) is 11.3 Å². The summed E-state index contributed by atoms with van der Waals surface area (Å²) in [5, 5.41) is 11.8. The SMILES string of the molecule is Cc1ccccc1N(C)CC1(CC(N)=NO)CC1. The summed E-state index contributed by atoms with van der Waals surface area (Å²) in [5.41, 5.74) is 8.36. The molecule has 0 spiro atoms. The molecule has 1 fully saturated rings. The van der Waals surface area contributed by atoms with Crippen molar-refractivity contribution in [1.29, 1.82) is 0 Å². The Bertz CT molecular complexity index is 452. The zero-order chi connectivity index (χ0) is 13.2. The molecule has 3 N–H and O–H groups in total. The monoisotopic (exact) mass is 247 g/mol. The van der Waals surface area contributed by atoms with Crippen LogP contribution in [0.25, 0.3) is 0 Å². The number of anilines is 1. The van der Waals surface area contributed by atoms with Gasteiger partial charge in [-0.2, -0.15) is 0 Å². The second-order valence-electron chi connectivity index (χ2n) is 5.41. The first-order valence-electron chi connectivity index (χ1n) is 6.29. The number of para-hydroxylation sites is 1. The van der Waals surface area contributed by atoms with E-state index in [0.29, 0.717) is 12.3 Å². The molecule has 1 aliphatic carbocycles. The highest BCUT2D eigenvalue weighted by atomic mass is 16.4. The number of oxime groups is 1. The highest BCUT2D eigenvalue weighted by molar-refractivity contribution is 5.80. The van der Waals surface area contributed by atoms with Crippen LogP contribution in [0.5, 0.6) is 0 Å². The average molecular weight is 247 g/mol. The van der Waals surface area contributed by atoms with Gasteiger partial charge in [-0.05, 0) is 36.8 Å². The van der Waals surface area contributed by atoms with Gasteiger partial charge in [-0.25, -0.2) is 0 Å². The predicted octanol–water partition coefficient (Wildman–Crippen LogP) is 2.35. The number of nitrogens with two attached hydrogens (primary N) is 1. The molecule has 0 saturated heterocycles. The van der Waals surface area contributed by atoms with Gasteiger partial charge in [0.15, 0.2) is 0 Å². The highest BCUT2D eigenvalue weighted by Gasteiger charge is 2.44. The van der Waals surface area contributed by atoms with Crippen molar-refractivity contribution in [3.05, 3.63) is 29.8 Å². The van der Waals surface area contributed by atoms with Gasteiger partial charge in [0.2, 0.25) is 0 Å². The third kappa shape index (κ3) is 2.75. The van der Waals surface area contributed by atoms with Gasteiger partial charge in [0, 0.05) is 25.7 Å². The number of nitrogens with zero attached hydrogens (tertiary/aromatic N) is 2. The molecule has 1 aliphatic rings. The van der Waals surface area contributed by atoms with Crippen molar-refractivity contribution in [2.24, 2.45) is 16.3 Å². The molecule has 0 aromatic heterocycles. The largest absolute Gasteiger partial charge is 0.409 e. The van der Waals surface area contributed by atoms with Crippen molar-refractivity contribution < 1.29 is 5.21 Å². The Morgan fingerprint density at radius 2 is 2.11 bits per heavy atom. The minimum absolute atomic E-state index is 0.202. The topological polar surface area (TPSA) is 61.8 Å². The maximum Gasteiger partial charge on any atom is 0.139 e. The Morgan fingerprint density at radius 1 is 1.44 bits per heavy atom. The van der Waals surface area contributed by atoms with Gasteiger partial charge in [-0.3, -0.25) is 0 Å². The molecule has 2 rings (SSSR count). The molecule has 18 heavy (non-hydrogen) atoms. The second kappa shape index (κ2) is 4.88. The zero-order valence-electron chi connectivity index (χ0n) is 11.1. The summed E-state index contributed by atoms with van der Waals surface area (Å²) in [6, 6.07) is 8.36. The van der Waals surface area contributed by atoms with E-state index >= 15 is 0 Å².